The second-order valence-electron chi connectivity index (χ2n) is 6.73. The fourth-order valence-corrected chi connectivity index (χ4v) is 2.71. The van der Waals surface area contributed by atoms with Gasteiger partial charge in [-0.05, 0) is 30.5 Å². The zero-order valence-electron chi connectivity index (χ0n) is 16.4. The quantitative estimate of drug-likeness (QED) is 0.198. The third kappa shape index (κ3) is 9.91. The SMILES string of the molecule is CCCCCCCC(=O)N[C@H](CC(=O)NO)C(=O)NCCc1ccc(O)cc1. The van der Waals surface area contributed by atoms with Crippen molar-refractivity contribution in [1.82, 2.24) is 16.1 Å². The van der Waals surface area contributed by atoms with Crippen LogP contribution in [0.3, 0.4) is 0 Å². The van der Waals surface area contributed by atoms with Crippen molar-refractivity contribution in [2.24, 2.45) is 0 Å². The summed E-state index contributed by atoms with van der Waals surface area (Å²) in [4.78, 5) is 35.9. The predicted molar refractivity (Wildman–Crippen MR) is 105 cm³/mol. The molecule has 0 unspecified atom stereocenters. The molecular formula is C20H31N3O5. The number of hydrogen-bond donors (Lipinski definition) is 5. The first-order chi connectivity index (χ1) is 13.5. The van der Waals surface area contributed by atoms with Crippen LogP contribution < -0.4 is 16.1 Å². The zero-order valence-corrected chi connectivity index (χ0v) is 16.4. The first kappa shape index (κ1) is 23.4. The summed E-state index contributed by atoms with van der Waals surface area (Å²) in [5, 5.41) is 23.2. The summed E-state index contributed by atoms with van der Waals surface area (Å²) in [6.07, 6.45) is 5.48. The van der Waals surface area contributed by atoms with E-state index in [1.807, 2.05) is 0 Å². The van der Waals surface area contributed by atoms with Crippen molar-refractivity contribution in [2.45, 2.75) is 64.3 Å². The number of aromatic hydroxyl groups is 1. The molecule has 8 nitrogen and oxygen atoms in total. The molecule has 5 N–H and O–H groups in total. The first-order valence-corrected chi connectivity index (χ1v) is 9.74. The highest BCUT2D eigenvalue weighted by atomic mass is 16.5. The molecule has 28 heavy (non-hydrogen) atoms. The highest BCUT2D eigenvalue weighted by molar-refractivity contribution is 5.91. The maximum atomic E-state index is 12.4. The van der Waals surface area contributed by atoms with Gasteiger partial charge in [-0.1, -0.05) is 44.7 Å². The van der Waals surface area contributed by atoms with Crippen molar-refractivity contribution < 1.29 is 24.7 Å². The summed E-state index contributed by atoms with van der Waals surface area (Å²) in [6.45, 7) is 2.43. The average molecular weight is 393 g/mol. The Morgan fingerprint density at radius 2 is 1.68 bits per heavy atom. The molecule has 0 heterocycles. The molecule has 0 bridgehead atoms. The maximum absolute atomic E-state index is 12.4. The van der Waals surface area contributed by atoms with Crippen LogP contribution >= 0.6 is 0 Å². The summed E-state index contributed by atoms with van der Waals surface area (Å²) in [5.41, 5.74) is 2.41. The predicted octanol–water partition coefficient (Wildman–Crippen LogP) is 1.79. The van der Waals surface area contributed by atoms with Gasteiger partial charge in [0.2, 0.25) is 17.7 Å². The number of amides is 3. The van der Waals surface area contributed by atoms with Crippen molar-refractivity contribution in [3.8, 4) is 5.75 Å². The Labute approximate surface area is 165 Å². The van der Waals surface area contributed by atoms with E-state index in [1.165, 1.54) is 5.48 Å². The van der Waals surface area contributed by atoms with Crippen LogP contribution in [0.4, 0.5) is 0 Å². The van der Waals surface area contributed by atoms with Crippen LogP contribution in [-0.2, 0) is 20.8 Å². The minimum Gasteiger partial charge on any atom is -0.508 e. The van der Waals surface area contributed by atoms with E-state index in [4.69, 9.17) is 5.21 Å². The van der Waals surface area contributed by atoms with Gasteiger partial charge in [0.25, 0.3) is 0 Å². The molecular weight excluding hydrogens is 362 g/mol. The molecule has 0 saturated carbocycles. The van der Waals surface area contributed by atoms with Crippen molar-refractivity contribution in [3.05, 3.63) is 29.8 Å². The molecule has 3 amide bonds. The van der Waals surface area contributed by atoms with Crippen LogP contribution in [0.2, 0.25) is 0 Å². The molecule has 0 aliphatic rings. The number of benzene rings is 1. The Morgan fingerprint density at radius 1 is 1.00 bits per heavy atom. The van der Waals surface area contributed by atoms with Crippen molar-refractivity contribution in [1.29, 1.82) is 0 Å². The molecule has 0 spiro atoms. The van der Waals surface area contributed by atoms with Crippen LogP contribution in [0.1, 0.15) is 57.4 Å². The normalized spacial score (nSPS) is 11.5. The lowest BCUT2D eigenvalue weighted by Gasteiger charge is -2.18. The number of phenols is 1. The number of rotatable bonds is 13. The summed E-state index contributed by atoms with van der Waals surface area (Å²) < 4.78 is 0. The largest absolute Gasteiger partial charge is 0.508 e. The van der Waals surface area contributed by atoms with Gasteiger partial charge in [0.1, 0.15) is 11.8 Å². The van der Waals surface area contributed by atoms with Gasteiger partial charge in [0.15, 0.2) is 0 Å². The molecule has 0 radical (unpaired) electrons. The van der Waals surface area contributed by atoms with E-state index in [-0.39, 0.29) is 18.1 Å². The lowest BCUT2D eigenvalue weighted by Crippen LogP contribution is -2.49. The molecule has 1 aromatic carbocycles. The molecule has 156 valence electrons. The molecule has 0 aromatic heterocycles. The zero-order chi connectivity index (χ0) is 20.8. The monoisotopic (exact) mass is 393 g/mol. The molecule has 8 heteroatoms. The summed E-state index contributed by atoms with van der Waals surface area (Å²) >= 11 is 0. The van der Waals surface area contributed by atoms with E-state index >= 15 is 0 Å². The van der Waals surface area contributed by atoms with Crippen LogP contribution in [0.25, 0.3) is 0 Å². The van der Waals surface area contributed by atoms with Crippen LogP contribution in [0.15, 0.2) is 24.3 Å². The van der Waals surface area contributed by atoms with Gasteiger partial charge in [-0.2, -0.15) is 0 Å². The van der Waals surface area contributed by atoms with Gasteiger partial charge in [0, 0.05) is 13.0 Å². The van der Waals surface area contributed by atoms with Gasteiger partial charge < -0.3 is 15.7 Å². The van der Waals surface area contributed by atoms with E-state index in [0.29, 0.717) is 19.4 Å². The van der Waals surface area contributed by atoms with Crippen LogP contribution in [0, 0.1) is 0 Å². The highest BCUT2D eigenvalue weighted by Gasteiger charge is 2.23. The minimum absolute atomic E-state index is 0.167. The smallest absolute Gasteiger partial charge is 0.245 e. The van der Waals surface area contributed by atoms with Crippen molar-refractivity contribution in [3.63, 3.8) is 0 Å². The molecule has 0 saturated heterocycles. The first-order valence-electron chi connectivity index (χ1n) is 9.74. The molecule has 0 fully saturated rings. The number of phenolic OH excluding ortho intramolecular Hbond substituents is 1. The number of carbonyl (C=O) groups excluding carboxylic acids is 3. The number of unbranched alkanes of at least 4 members (excludes halogenated alkanes) is 4. The Morgan fingerprint density at radius 3 is 2.32 bits per heavy atom. The topological polar surface area (TPSA) is 128 Å². The molecule has 0 aliphatic heterocycles. The Balaban J connectivity index is 2.47. The fourth-order valence-electron chi connectivity index (χ4n) is 2.71. The van der Waals surface area contributed by atoms with E-state index in [1.54, 1.807) is 24.3 Å². The van der Waals surface area contributed by atoms with Crippen LogP contribution in [0.5, 0.6) is 5.75 Å². The maximum Gasteiger partial charge on any atom is 0.245 e. The molecule has 1 rings (SSSR count). The van der Waals surface area contributed by atoms with Crippen molar-refractivity contribution in [2.75, 3.05) is 6.54 Å². The summed E-state index contributed by atoms with van der Waals surface area (Å²) in [6, 6.07) is 5.57. The average Bonchev–Trinajstić information content (AvgIpc) is 2.68. The Kier molecular flexibility index (Phi) is 11.3. The van der Waals surface area contributed by atoms with Crippen LogP contribution in [-0.4, -0.2) is 40.6 Å². The molecule has 0 aliphatic carbocycles. The Bertz CT molecular complexity index is 619. The number of hydroxylamine groups is 1. The fraction of sp³-hybridized carbons (Fsp3) is 0.550. The number of carbonyl (C=O) groups is 3. The third-order valence-corrected chi connectivity index (χ3v) is 4.32. The van der Waals surface area contributed by atoms with E-state index < -0.39 is 17.9 Å². The van der Waals surface area contributed by atoms with Crippen molar-refractivity contribution >= 4 is 17.7 Å². The van der Waals surface area contributed by atoms with Gasteiger partial charge in [-0.3, -0.25) is 19.6 Å². The summed E-state index contributed by atoms with van der Waals surface area (Å²) in [5.74, 6) is -1.36. The summed E-state index contributed by atoms with van der Waals surface area (Å²) in [7, 11) is 0. The second-order valence-corrected chi connectivity index (χ2v) is 6.73. The second kappa shape index (κ2) is 13.5. The van der Waals surface area contributed by atoms with Gasteiger partial charge in [-0.25, -0.2) is 5.48 Å². The number of hydrogen-bond acceptors (Lipinski definition) is 5. The van der Waals surface area contributed by atoms with E-state index in [2.05, 4.69) is 17.6 Å². The highest BCUT2D eigenvalue weighted by Crippen LogP contribution is 2.09. The van der Waals surface area contributed by atoms with E-state index in [9.17, 15) is 19.5 Å². The Hall–Kier alpha value is -2.61. The molecule has 1 aromatic rings. The molecule has 1 atom stereocenters. The van der Waals surface area contributed by atoms with Gasteiger partial charge >= 0.3 is 0 Å². The van der Waals surface area contributed by atoms with E-state index in [0.717, 1.165) is 37.7 Å². The van der Waals surface area contributed by atoms with Gasteiger partial charge in [-0.15, -0.1) is 0 Å². The third-order valence-electron chi connectivity index (χ3n) is 4.32. The lowest BCUT2D eigenvalue weighted by atomic mass is 10.1. The number of nitrogens with one attached hydrogen (secondary N) is 3. The van der Waals surface area contributed by atoms with Gasteiger partial charge in [0.05, 0.1) is 6.42 Å². The standard InChI is InChI=1S/C20H31N3O5/c1-2-3-4-5-6-7-18(25)22-17(14-19(26)23-28)20(27)21-13-12-15-8-10-16(24)11-9-15/h8-11,17,24,28H,2-7,12-14H2,1H3,(H,21,27)(H,22,25)(H,23,26)/t17-/m1/s1. The lowest BCUT2D eigenvalue weighted by molar-refractivity contribution is -0.135. The minimum atomic E-state index is -1.05.